The number of pyridine rings is 1. The minimum atomic E-state index is -0.271. The molecule has 0 aromatic carbocycles. The summed E-state index contributed by atoms with van der Waals surface area (Å²) in [6, 6.07) is 4.20. The van der Waals surface area contributed by atoms with Crippen LogP contribution in [0.15, 0.2) is 18.3 Å². The third-order valence-electron chi connectivity index (χ3n) is 3.95. The number of nitrogens with one attached hydrogen (secondary N) is 1. The summed E-state index contributed by atoms with van der Waals surface area (Å²) in [6.45, 7) is 7.58. The average Bonchev–Trinajstić information content (AvgIpc) is 2.81. The van der Waals surface area contributed by atoms with Crippen molar-refractivity contribution in [2.75, 3.05) is 19.6 Å². The maximum Gasteiger partial charge on any atom is 0.141 e. The van der Waals surface area contributed by atoms with Gasteiger partial charge < -0.3 is 10.2 Å². The molecule has 2 rings (SSSR count). The van der Waals surface area contributed by atoms with Gasteiger partial charge in [-0.25, -0.2) is 4.39 Å². The molecule has 1 aromatic rings. The van der Waals surface area contributed by atoms with Gasteiger partial charge in [0.05, 0.1) is 17.9 Å². The summed E-state index contributed by atoms with van der Waals surface area (Å²) in [5.74, 6) is -0.271. The zero-order valence-corrected chi connectivity index (χ0v) is 11.9. The van der Waals surface area contributed by atoms with E-state index in [0.717, 1.165) is 25.2 Å². The highest BCUT2D eigenvalue weighted by Crippen LogP contribution is 2.20. The van der Waals surface area contributed by atoms with E-state index in [1.165, 1.54) is 31.6 Å². The number of rotatable bonds is 6. The van der Waals surface area contributed by atoms with E-state index in [9.17, 15) is 4.39 Å². The van der Waals surface area contributed by atoms with Crippen LogP contribution in [0.1, 0.15) is 44.8 Å². The molecule has 106 valence electrons. The molecular weight excluding hydrogens is 241 g/mol. The lowest BCUT2D eigenvalue weighted by Gasteiger charge is -2.24. The topological polar surface area (TPSA) is 28.2 Å². The molecule has 2 atom stereocenters. The molecule has 2 unspecified atom stereocenters. The van der Waals surface area contributed by atoms with Crippen LogP contribution in [0.25, 0.3) is 0 Å². The van der Waals surface area contributed by atoms with Crippen molar-refractivity contribution >= 4 is 0 Å². The Kier molecular flexibility index (Phi) is 5.28. The molecule has 0 bridgehead atoms. The standard InChI is InChI=1S/C15H24FN3/c1-3-17-15(14-7-6-13(16)11-18-14)8-10-19-9-4-5-12(19)2/h6-7,11-12,15,17H,3-5,8-10H2,1-2H3. The zero-order chi connectivity index (χ0) is 13.7. The molecule has 1 fully saturated rings. The molecule has 3 nitrogen and oxygen atoms in total. The van der Waals surface area contributed by atoms with Gasteiger partial charge in [0.25, 0.3) is 0 Å². The van der Waals surface area contributed by atoms with Crippen molar-refractivity contribution in [2.24, 2.45) is 0 Å². The Labute approximate surface area is 115 Å². The Morgan fingerprint density at radius 1 is 1.53 bits per heavy atom. The second-order valence-electron chi connectivity index (χ2n) is 5.33. The molecular formula is C15H24FN3. The summed E-state index contributed by atoms with van der Waals surface area (Å²) in [6.07, 6.45) is 4.94. The first kappa shape index (κ1) is 14.4. The number of hydrogen-bond donors (Lipinski definition) is 1. The molecule has 0 aliphatic carbocycles. The average molecular weight is 265 g/mol. The van der Waals surface area contributed by atoms with E-state index in [1.54, 1.807) is 6.07 Å². The Morgan fingerprint density at radius 2 is 2.37 bits per heavy atom. The summed E-state index contributed by atoms with van der Waals surface area (Å²) < 4.78 is 12.9. The molecule has 0 saturated carbocycles. The van der Waals surface area contributed by atoms with Crippen LogP contribution in [0.5, 0.6) is 0 Å². The molecule has 1 aromatic heterocycles. The van der Waals surface area contributed by atoms with Crippen molar-refractivity contribution in [2.45, 2.75) is 45.2 Å². The number of halogens is 1. The molecule has 1 aliphatic rings. The van der Waals surface area contributed by atoms with Crippen molar-refractivity contribution in [3.05, 3.63) is 29.8 Å². The molecule has 1 N–H and O–H groups in total. The van der Waals surface area contributed by atoms with Gasteiger partial charge in [0.2, 0.25) is 0 Å². The first-order valence-corrected chi connectivity index (χ1v) is 7.29. The lowest BCUT2D eigenvalue weighted by molar-refractivity contribution is 0.251. The number of likely N-dealkylation sites (tertiary alicyclic amines) is 1. The number of hydrogen-bond acceptors (Lipinski definition) is 3. The molecule has 1 aliphatic heterocycles. The fraction of sp³-hybridized carbons (Fsp3) is 0.667. The SMILES string of the molecule is CCNC(CCN1CCCC1C)c1ccc(F)cn1. The van der Waals surface area contributed by atoms with Crippen LogP contribution in [0, 0.1) is 5.82 Å². The maximum absolute atomic E-state index is 12.9. The van der Waals surface area contributed by atoms with E-state index in [1.807, 2.05) is 0 Å². The highest BCUT2D eigenvalue weighted by atomic mass is 19.1. The Hall–Kier alpha value is -1.00. The van der Waals surface area contributed by atoms with Crippen LogP contribution in [-0.2, 0) is 0 Å². The molecule has 0 amide bonds. The van der Waals surface area contributed by atoms with Crippen LogP contribution in [0.4, 0.5) is 4.39 Å². The van der Waals surface area contributed by atoms with Crippen molar-refractivity contribution in [1.82, 2.24) is 15.2 Å². The van der Waals surface area contributed by atoms with Crippen LogP contribution in [-0.4, -0.2) is 35.6 Å². The van der Waals surface area contributed by atoms with Gasteiger partial charge in [-0.2, -0.15) is 0 Å². The van der Waals surface area contributed by atoms with E-state index in [-0.39, 0.29) is 11.9 Å². The van der Waals surface area contributed by atoms with Gasteiger partial charge in [0.1, 0.15) is 5.82 Å². The zero-order valence-electron chi connectivity index (χ0n) is 11.9. The fourth-order valence-corrected chi connectivity index (χ4v) is 2.81. The highest BCUT2D eigenvalue weighted by molar-refractivity contribution is 5.10. The second kappa shape index (κ2) is 6.96. The van der Waals surface area contributed by atoms with Crippen molar-refractivity contribution in [3.8, 4) is 0 Å². The largest absolute Gasteiger partial charge is 0.309 e. The molecule has 19 heavy (non-hydrogen) atoms. The molecule has 0 spiro atoms. The maximum atomic E-state index is 12.9. The third-order valence-corrected chi connectivity index (χ3v) is 3.95. The highest BCUT2D eigenvalue weighted by Gasteiger charge is 2.21. The van der Waals surface area contributed by atoms with Gasteiger partial charge in [0.15, 0.2) is 0 Å². The van der Waals surface area contributed by atoms with Gasteiger partial charge in [-0.3, -0.25) is 4.98 Å². The van der Waals surface area contributed by atoms with E-state index in [2.05, 4.69) is 29.0 Å². The van der Waals surface area contributed by atoms with Crippen LogP contribution >= 0.6 is 0 Å². The summed E-state index contributed by atoms with van der Waals surface area (Å²) in [4.78, 5) is 6.74. The Balaban J connectivity index is 1.93. The first-order valence-electron chi connectivity index (χ1n) is 7.29. The van der Waals surface area contributed by atoms with E-state index in [4.69, 9.17) is 0 Å². The summed E-state index contributed by atoms with van der Waals surface area (Å²) in [5.41, 5.74) is 0.940. The predicted octanol–water partition coefficient (Wildman–Crippen LogP) is 2.75. The van der Waals surface area contributed by atoms with Crippen molar-refractivity contribution in [3.63, 3.8) is 0 Å². The van der Waals surface area contributed by atoms with E-state index >= 15 is 0 Å². The number of nitrogens with zero attached hydrogens (tertiary/aromatic N) is 2. The summed E-state index contributed by atoms with van der Waals surface area (Å²) in [7, 11) is 0. The lowest BCUT2D eigenvalue weighted by Crippen LogP contribution is -2.32. The van der Waals surface area contributed by atoms with Crippen LogP contribution in [0.2, 0.25) is 0 Å². The molecule has 2 heterocycles. The van der Waals surface area contributed by atoms with Crippen molar-refractivity contribution < 1.29 is 4.39 Å². The second-order valence-corrected chi connectivity index (χ2v) is 5.33. The Bertz CT molecular complexity index is 379. The Morgan fingerprint density at radius 3 is 2.95 bits per heavy atom. The molecule has 4 heteroatoms. The van der Waals surface area contributed by atoms with Crippen LogP contribution in [0.3, 0.4) is 0 Å². The monoisotopic (exact) mass is 265 g/mol. The molecule has 1 saturated heterocycles. The van der Waals surface area contributed by atoms with Gasteiger partial charge in [-0.15, -0.1) is 0 Å². The van der Waals surface area contributed by atoms with Crippen LogP contribution < -0.4 is 5.32 Å². The third kappa shape index (κ3) is 3.98. The molecule has 0 radical (unpaired) electrons. The van der Waals surface area contributed by atoms with Gasteiger partial charge in [-0.05, 0) is 51.4 Å². The summed E-state index contributed by atoms with van der Waals surface area (Å²) >= 11 is 0. The van der Waals surface area contributed by atoms with E-state index in [0.29, 0.717) is 6.04 Å². The quantitative estimate of drug-likeness (QED) is 0.857. The minimum Gasteiger partial charge on any atom is -0.309 e. The van der Waals surface area contributed by atoms with Crippen molar-refractivity contribution in [1.29, 1.82) is 0 Å². The van der Waals surface area contributed by atoms with E-state index < -0.39 is 0 Å². The normalized spacial score (nSPS) is 21.7. The predicted molar refractivity (Wildman–Crippen MR) is 75.5 cm³/mol. The van der Waals surface area contributed by atoms with Gasteiger partial charge in [-0.1, -0.05) is 6.92 Å². The smallest absolute Gasteiger partial charge is 0.141 e. The van der Waals surface area contributed by atoms with Gasteiger partial charge >= 0.3 is 0 Å². The number of aromatic nitrogens is 1. The summed E-state index contributed by atoms with van der Waals surface area (Å²) in [5, 5.41) is 3.45. The lowest BCUT2D eigenvalue weighted by atomic mass is 10.1. The minimum absolute atomic E-state index is 0.221. The fourth-order valence-electron chi connectivity index (χ4n) is 2.81. The first-order chi connectivity index (χ1) is 9.20. The van der Waals surface area contributed by atoms with Gasteiger partial charge in [0, 0.05) is 12.6 Å².